The first-order valence-corrected chi connectivity index (χ1v) is 21.4. The Morgan fingerprint density at radius 1 is 1.00 bits per heavy atom. The zero-order valence-electron chi connectivity index (χ0n) is 21.1. The first-order chi connectivity index (χ1) is 15.3. The summed E-state index contributed by atoms with van der Waals surface area (Å²) >= 11 is 3.13. The van der Waals surface area contributed by atoms with Crippen molar-refractivity contribution in [3.63, 3.8) is 0 Å². The molecule has 5 nitrogen and oxygen atoms in total. The molecule has 1 saturated heterocycles. The van der Waals surface area contributed by atoms with E-state index in [0.29, 0.717) is 19.4 Å². The van der Waals surface area contributed by atoms with E-state index in [0.717, 1.165) is 23.7 Å². The van der Waals surface area contributed by atoms with Gasteiger partial charge >= 0.3 is 206 Å². The molecule has 0 radical (unpaired) electrons. The summed E-state index contributed by atoms with van der Waals surface area (Å²) in [4.78, 5) is 40.7. The number of Topliss-reactive ketones (excluding diaryl/α,β-unsaturated/α-hetero) is 1. The minimum absolute atomic E-state index is 0.0697. The Kier molecular flexibility index (Phi) is 13.8. The number of hydrogen-bond acceptors (Lipinski definition) is 4. The SMILES string of the molecule is CCC[CH2][Sn]([CH2]CCC)([CH2]CCC)[CH2]C1(C(=O)OCC)C(CC(C)=O)CCN1C(=O)CCl. The number of ketones is 1. The van der Waals surface area contributed by atoms with Crippen LogP contribution < -0.4 is 0 Å². The van der Waals surface area contributed by atoms with Crippen LogP contribution in [0.3, 0.4) is 0 Å². The molecule has 1 fully saturated rings. The van der Waals surface area contributed by atoms with Crippen LogP contribution in [0.25, 0.3) is 0 Å². The molecule has 186 valence electrons. The van der Waals surface area contributed by atoms with Gasteiger partial charge in [-0.25, -0.2) is 0 Å². The number of halogens is 1. The zero-order chi connectivity index (χ0) is 24.2. The third-order valence-corrected chi connectivity index (χ3v) is 23.3. The van der Waals surface area contributed by atoms with Crippen molar-refractivity contribution in [1.29, 1.82) is 0 Å². The van der Waals surface area contributed by atoms with Crippen molar-refractivity contribution < 1.29 is 19.1 Å². The van der Waals surface area contributed by atoms with E-state index in [9.17, 15) is 14.4 Å². The molecule has 1 rings (SSSR count). The third-order valence-electron chi connectivity index (χ3n) is 7.26. The number of hydrogen-bond donors (Lipinski definition) is 0. The normalized spacial score (nSPS) is 21.1. The standard InChI is InChI=1S/C13H19ClNO4.3C4H9.Sn/c1-4-19-12(18)13(3)10(7-9(2)16)5-6-15(13)11(17)8-14;3*1-3-4-2;/h10H,3-8H2,1-2H3;3*1,3-4H2,2H3;. The van der Waals surface area contributed by atoms with Crippen LogP contribution in [-0.4, -0.2) is 65.5 Å². The predicted molar refractivity (Wildman–Crippen MR) is 135 cm³/mol. The molecule has 1 aliphatic rings. The summed E-state index contributed by atoms with van der Waals surface area (Å²) in [5, 5.41) is 0. The molecule has 0 N–H and O–H groups in total. The van der Waals surface area contributed by atoms with Crippen LogP contribution in [0.1, 0.15) is 86.0 Å². The molecule has 32 heavy (non-hydrogen) atoms. The van der Waals surface area contributed by atoms with Gasteiger partial charge in [0.1, 0.15) is 0 Å². The predicted octanol–water partition coefficient (Wildman–Crippen LogP) is 6.20. The van der Waals surface area contributed by atoms with Gasteiger partial charge in [0, 0.05) is 0 Å². The van der Waals surface area contributed by atoms with E-state index >= 15 is 0 Å². The van der Waals surface area contributed by atoms with Crippen molar-refractivity contribution in [2.45, 2.75) is 109 Å². The monoisotopic (exact) mass is 579 g/mol. The molecule has 2 atom stereocenters. The number of likely N-dealkylation sites (tertiary alicyclic amines) is 1. The molecule has 0 spiro atoms. The second kappa shape index (κ2) is 14.9. The Balaban J connectivity index is 3.63. The number of carbonyl (C=O) groups is 3. The molecular weight excluding hydrogens is 532 g/mol. The summed E-state index contributed by atoms with van der Waals surface area (Å²) in [6.07, 6.45) is 7.97. The molecule has 1 aliphatic heterocycles. The Labute approximate surface area is 205 Å². The van der Waals surface area contributed by atoms with Gasteiger partial charge in [-0.3, -0.25) is 0 Å². The molecule has 0 aromatic rings. The molecule has 1 amide bonds. The average Bonchev–Trinajstić information content (AvgIpc) is 3.12. The van der Waals surface area contributed by atoms with Gasteiger partial charge in [0.05, 0.1) is 0 Å². The number of carbonyl (C=O) groups excluding carboxylic acids is 3. The van der Waals surface area contributed by atoms with Crippen LogP contribution in [-0.2, 0) is 19.1 Å². The second-order valence-corrected chi connectivity index (χ2v) is 23.8. The van der Waals surface area contributed by atoms with Crippen molar-refractivity contribution >= 4 is 47.6 Å². The van der Waals surface area contributed by atoms with E-state index in [1.54, 1.807) is 11.8 Å². The third kappa shape index (κ3) is 7.61. The maximum absolute atomic E-state index is 13.8. The van der Waals surface area contributed by atoms with Crippen molar-refractivity contribution in [2.75, 3.05) is 19.0 Å². The van der Waals surface area contributed by atoms with E-state index in [4.69, 9.17) is 16.3 Å². The quantitative estimate of drug-likeness (QED) is 0.124. The van der Waals surface area contributed by atoms with Gasteiger partial charge in [-0.1, -0.05) is 0 Å². The Bertz CT molecular complexity index is 593. The van der Waals surface area contributed by atoms with Crippen LogP contribution in [0, 0.1) is 5.92 Å². The summed E-state index contributed by atoms with van der Waals surface area (Å²) in [5.41, 5.74) is -1.01. The van der Waals surface area contributed by atoms with Gasteiger partial charge in [0.25, 0.3) is 0 Å². The fourth-order valence-corrected chi connectivity index (χ4v) is 24.0. The van der Waals surface area contributed by atoms with Crippen LogP contribution in [0.5, 0.6) is 0 Å². The number of nitrogens with zero attached hydrogens (tertiary/aromatic N) is 1. The molecule has 7 heteroatoms. The molecule has 2 unspecified atom stereocenters. The van der Waals surface area contributed by atoms with E-state index in [2.05, 4.69) is 20.8 Å². The van der Waals surface area contributed by atoms with Crippen molar-refractivity contribution in [3.05, 3.63) is 0 Å². The number of alkyl halides is 1. The first kappa shape index (κ1) is 29.7. The Morgan fingerprint density at radius 2 is 1.53 bits per heavy atom. The number of rotatable bonds is 16. The number of ether oxygens (including phenoxy) is 1. The molecule has 0 saturated carbocycles. The fraction of sp³-hybridized carbons (Fsp3) is 0.880. The average molecular weight is 579 g/mol. The Morgan fingerprint density at radius 3 is 1.94 bits per heavy atom. The maximum atomic E-state index is 13.8. The molecular formula is C25H46ClNO4Sn. The summed E-state index contributed by atoms with van der Waals surface area (Å²) in [6.45, 7) is 10.9. The van der Waals surface area contributed by atoms with Gasteiger partial charge in [-0.15, -0.1) is 0 Å². The Hall–Kier alpha value is -0.301. The van der Waals surface area contributed by atoms with Gasteiger partial charge in [0.2, 0.25) is 0 Å². The number of unbranched alkanes of at least 4 members (excludes halogenated alkanes) is 3. The van der Waals surface area contributed by atoms with Crippen molar-refractivity contribution in [3.8, 4) is 0 Å². The van der Waals surface area contributed by atoms with Gasteiger partial charge in [-0.2, -0.15) is 0 Å². The molecule has 0 aliphatic carbocycles. The van der Waals surface area contributed by atoms with Crippen molar-refractivity contribution in [1.82, 2.24) is 4.90 Å². The van der Waals surface area contributed by atoms with Gasteiger partial charge < -0.3 is 0 Å². The molecule has 0 bridgehead atoms. The fourth-order valence-electron chi connectivity index (χ4n) is 5.69. The molecule has 0 aromatic carbocycles. The van der Waals surface area contributed by atoms with E-state index in [1.165, 1.54) is 32.6 Å². The summed E-state index contributed by atoms with van der Waals surface area (Å²) in [6, 6.07) is 0. The second-order valence-electron chi connectivity index (χ2n) is 9.70. The van der Waals surface area contributed by atoms with E-state index < -0.39 is 23.9 Å². The minimum atomic E-state index is -2.89. The van der Waals surface area contributed by atoms with Crippen molar-refractivity contribution in [2.24, 2.45) is 5.92 Å². The zero-order valence-corrected chi connectivity index (χ0v) is 24.8. The van der Waals surface area contributed by atoms with Crippen LogP contribution >= 0.6 is 11.6 Å². The number of esters is 1. The summed E-state index contributed by atoms with van der Waals surface area (Å²) in [5.74, 6) is -0.747. The van der Waals surface area contributed by atoms with Crippen LogP contribution in [0.2, 0.25) is 17.7 Å². The molecule has 0 aromatic heterocycles. The summed E-state index contributed by atoms with van der Waals surface area (Å²) < 4.78 is 10.2. The van der Waals surface area contributed by atoms with Crippen LogP contribution in [0.15, 0.2) is 0 Å². The topological polar surface area (TPSA) is 63.7 Å². The van der Waals surface area contributed by atoms with E-state index in [1.807, 2.05) is 6.92 Å². The van der Waals surface area contributed by atoms with Gasteiger partial charge in [0.15, 0.2) is 0 Å². The van der Waals surface area contributed by atoms with E-state index in [-0.39, 0.29) is 36.1 Å². The number of amides is 1. The van der Waals surface area contributed by atoms with Crippen LogP contribution in [0.4, 0.5) is 0 Å². The molecule has 1 heterocycles. The summed E-state index contributed by atoms with van der Waals surface area (Å²) in [7, 11) is 0. The first-order valence-electron chi connectivity index (χ1n) is 12.8. The van der Waals surface area contributed by atoms with Gasteiger partial charge in [-0.05, 0) is 0 Å².